The number of rotatable bonds is 7. The van der Waals surface area contributed by atoms with Crippen molar-refractivity contribution in [2.75, 3.05) is 0 Å². The Morgan fingerprint density at radius 2 is 2.24 bits per heavy atom. The molecule has 0 atom stereocenters. The van der Waals surface area contributed by atoms with E-state index >= 15 is 0 Å². The highest BCUT2D eigenvalue weighted by Gasteiger charge is 2.13. The van der Waals surface area contributed by atoms with E-state index in [1.807, 2.05) is 0 Å². The molecule has 2 aromatic heterocycles. The molecule has 1 N–H and O–H groups in total. The molecule has 0 aliphatic heterocycles. The second-order valence-electron chi connectivity index (χ2n) is 5.58. The minimum Gasteiger partial charge on any atom is -0.338 e. The van der Waals surface area contributed by atoms with Gasteiger partial charge in [-0.2, -0.15) is 4.98 Å². The molecule has 0 aliphatic carbocycles. The van der Waals surface area contributed by atoms with Gasteiger partial charge in [0.2, 0.25) is 11.7 Å². The summed E-state index contributed by atoms with van der Waals surface area (Å²) in [6.45, 7) is 4.37. The number of hydrogen-bond acceptors (Lipinski definition) is 6. The van der Waals surface area contributed by atoms with Crippen LogP contribution in [0.25, 0.3) is 11.4 Å². The lowest BCUT2D eigenvalue weighted by molar-refractivity contribution is 0.391. The lowest BCUT2D eigenvalue weighted by Gasteiger charge is -2.02. The van der Waals surface area contributed by atoms with Crippen molar-refractivity contribution in [3.63, 3.8) is 0 Å². The first-order valence-electron chi connectivity index (χ1n) is 7.95. The van der Waals surface area contributed by atoms with Crippen LogP contribution < -0.4 is 5.69 Å². The molecule has 0 bridgehead atoms. The quantitative estimate of drug-likeness (QED) is 0.649. The van der Waals surface area contributed by atoms with E-state index in [1.165, 1.54) is 17.8 Å². The smallest absolute Gasteiger partial charge is 0.338 e. The Morgan fingerprint density at radius 3 is 3.00 bits per heavy atom. The van der Waals surface area contributed by atoms with Crippen molar-refractivity contribution in [3.05, 3.63) is 46.0 Å². The van der Waals surface area contributed by atoms with Gasteiger partial charge in [-0.25, -0.2) is 14.3 Å². The molecular weight excluding hydrogens is 345 g/mol. The number of aryl methyl sites for hydroxylation is 1. The third kappa shape index (κ3) is 3.98. The number of halogens is 1. The summed E-state index contributed by atoms with van der Waals surface area (Å²) in [5.74, 6) is 0.783. The van der Waals surface area contributed by atoms with Gasteiger partial charge in [-0.15, -0.1) is 5.10 Å². The van der Waals surface area contributed by atoms with Gasteiger partial charge in [-0.3, -0.25) is 4.57 Å². The fraction of sp³-hybridized carbons (Fsp3) is 0.375. The summed E-state index contributed by atoms with van der Waals surface area (Å²) in [7, 11) is 0. The number of benzene rings is 1. The van der Waals surface area contributed by atoms with Crippen LogP contribution in [0.1, 0.15) is 31.2 Å². The van der Waals surface area contributed by atoms with E-state index in [1.54, 1.807) is 23.6 Å². The minimum absolute atomic E-state index is 0.225. The van der Waals surface area contributed by atoms with Gasteiger partial charge in [0, 0.05) is 12.1 Å². The number of thioether (sulfide) groups is 1. The van der Waals surface area contributed by atoms with Crippen LogP contribution in [0.2, 0.25) is 0 Å². The topological polar surface area (TPSA) is 89.6 Å². The van der Waals surface area contributed by atoms with Crippen LogP contribution in [0.3, 0.4) is 0 Å². The van der Waals surface area contributed by atoms with Gasteiger partial charge in [0.05, 0.1) is 5.75 Å². The van der Waals surface area contributed by atoms with Crippen molar-refractivity contribution in [3.8, 4) is 11.4 Å². The number of unbranched alkanes of at least 4 members (excludes halogenated alkanes) is 1. The Morgan fingerprint density at radius 1 is 1.40 bits per heavy atom. The maximum absolute atomic E-state index is 13.7. The van der Waals surface area contributed by atoms with Gasteiger partial charge in [0.15, 0.2) is 5.16 Å². The maximum atomic E-state index is 13.7. The second-order valence-corrected chi connectivity index (χ2v) is 6.52. The Hall–Kier alpha value is -2.42. The van der Waals surface area contributed by atoms with Crippen molar-refractivity contribution < 1.29 is 8.91 Å². The lowest BCUT2D eigenvalue weighted by atomic mass is 10.1. The summed E-state index contributed by atoms with van der Waals surface area (Å²) < 4.78 is 20.5. The monoisotopic (exact) mass is 363 g/mol. The van der Waals surface area contributed by atoms with Crippen LogP contribution in [-0.2, 0) is 12.3 Å². The first-order chi connectivity index (χ1) is 12.1. The molecule has 0 saturated carbocycles. The fourth-order valence-electron chi connectivity index (χ4n) is 2.22. The van der Waals surface area contributed by atoms with Crippen molar-refractivity contribution >= 4 is 11.8 Å². The first kappa shape index (κ1) is 17.4. The second kappa shape index (κ2) is 7.64. The van der Waals surface area contributed by atoms with Gasteiger partial charge >= 0.3 is 5.69 Å². The molecule has 0 saturated heterocycles. The van der Waals surface area contributed by atoms with E-state index in [-0.39, 0.29) is 11.5 Å². The predicted molar refractivity (Wildman–Crippen MR) is 91.7 cm³/mol. The molecule has 0 unspecified atom stereocenters. The van der Waals surface area contributed by atoms with Gasteiger partial charge < -0.3 is 4.52 Å². The molecule has 132 valence electrons. The minimum atomic E-state index is -0.310. The average molecular weight is 363 g/mol. The molecule has 0 spiro atoms. The SMILES string of the molecule is CCCCn1c(SCc2nc(-c3ccc(C)c(F)c3)no2)n[nH]c1=O. The third-order valence-corrected chi connectivity index (χ3v) is 4.64. The van der Waals surface area contributed by atoms with Gasteiger partial charge in [0.25, 0.3) is 0 Å². The Kier molecular flexibility index (Phi) is 5.32. The maximum Gasteiger partial charge on any atom is 0.343 e. The molecule has 3 rings (SSSR count). The number of H-pyrrole nitrogens is 1. The van der Waals surface area contributed by atoms with Gasteiger partial charge in [-0.1, -0.05) is 42.4 Å². The highest BCUT2D eigenvalue weighted by Crippen LogP contribution is 2.23. The van der Waals surface area contributed by atoms with Crippen molar-refractivity contribution in [1.29, 1.82) is 0 Å². The van der Waals surface area contributed by atoms with E-state index in [4.69, 9.17) is 4.52 Å². The fourth-order valence-corrected chi connectivity index (χ4v) is 3.03. The molecule has 0 amide bonds. The zero-order chi connectivity index (χ0) is 17.8. The Balaban J connectivity index is 1.70. The zero-order valence-electron chi connectivity index (χ0n) is 14.0. The van der Waals surface area contributed by atoms with Crippen molar-refractivity contribution in [2.24, 2.45) is 0 Å². The predicted octanol–water partition coefficient (Wildman–Crippen LogP) is 3.16. The van der Waals surface area contributed by atoms with Crippen LogP contribution in [0, 0.1) is 12.7 Å². The highest BCUT2D eigenvalue weighted by atomic mass is 32.2. The largest absolute Gasteiger partial charge is 0.343 e. The van der Waals surface area contributed by atoms with Crippen LogP contribution in [0.4, 0.5) is 4.39 Å². The molecule has 2 heterocycles. The van der Waals surface area contributed by atoms with Gasteiger partial charge in [-0.05, 0) is 25.0 Å². The number of hydrogen-bond donors (Lipinski definition) is 1. The Bertz CT molecular complexity index is 917. The first-order valence-corrected chi connectivity index (χ1v) is 8.94. The standard InChI is InChI=1S/C16H18FN5O2S/c1-3-4-7-22-15(23)19-20-16(22)25-9-13-18-14(21-24-13)11-6-5-10(2)12(17)8-11/h5-6,8H,3-4,7,9H2,1-2H3,(H,19,23). The van der Waals surface area contributed by atoms with Crippen LogP contribution in [-0.4, -0.2) is 24.9 Å². The van der Waals surface area contributed by atoms with E-state index in [0.717, 1.165) is 12.8 Å². The number of aromatic amines is 1. The van der Waals surface area contributed by atoms with E-state index in [2.05, 4.69) is 27.3 Å². The number of nitrogens with zero attached hydrogens (tertiary/aromatic N) is 4. The molecule has 0 aliphatic rings. The number of nitrogens with one attached hydrogen (secondary N) is 1. The molecule has 1 aromatic carbocycles. The molecular formula is C16H18FN5O2S. The molecule has 3 aromatic rings. The summed E-state index contributed by atoms with van der Waals surface area (Å²) in [6, 6.07) is 4.80. The van der Waals surface area contributed by atoms with Crippen LogP contribution in [0.5, 0.6) is 0 Å². The molecule has 0 fully saturated rings. The summed E-state index contributed by atoms with van der Waals surface area (Å²) in [4.78, 5) is 16.0. The molecule has 7 nitrogen and oxygen atoms in total. The summed E-state index contributed by atoms with van der Waals surface area (Å²) in [6.07, 6.45) is 1.89. The van der Waals surface area contributed by atoms with Gasteiger partial charge in [0.1, 0.15) is 5.82 Å². The van der Waals surface area contributed by atoms with E-state index in [0.29, 0.717) is 40.3 Å². The normalized spacial score (nSPS) is 11.2. The average Bonchev–Trinajstić information content (AvgIpc) is 3.20. The summed E-state index contributed by atoms with van der Waals surface area (Å²) in [5.41, 5.74) is 0.895. The lowest BCUT2D eigenvalue weighted by Crippen LogP contribution is -2.17. The molecule has 25 heavy (non-hydrogen) atoms. The van der Waals surface area contributed by atoms with Crippen molar-refractivity contribution in [2.45, 2.75) is 44.1 Å². The third-order valence-electron chi connectivity index (χ3n) is 3.68. The van der Waals surface area contributed by atoms with Crippen molar-refractivity contribution in [1.82, 2.24) is 24.9 Å². The summed E-state index contributed by atoms with van der Waals surface area (Å²) >= 11 is 1.34. The molecule has 0 radical (unpaired) electrons. The Labute approximate surface area is 147 Å². The van der Waals surface area contributed by atoms with E-state index < -0.39 is 0 Å². The molecule has 9 heteroatoms. The van der Waals surface area contributed by atoms with Crippen LogP contribution >= 0.6 is 11.8 Å². The van der Waals surface area contributed by atoms with E-state index in [9.17, 15) is 9.18 Å². The zero-order valence-corrected chi connectivity index (χ0v) is 14.8. The number of aromatic nitrogens is 5. The van der Waals surface area contributed by atoms with Crippen LogP contribution in [0.15, 0.2) is 32.7 Å². The highest BCUT2D eigenvalue weighted by molar-refractivity contribution is 7.98. The summed E-state index contributed by atoms with van der Waals surface area (Å²) in [5, 5.41) is 10.9.